The first kappa shape index (κ1) is 39.3. The lowest BCUT2D eigenvalue weighted by Gasteiger charge is -2.43. The van der Waals surface area contributed by atoms with E-state index in [0.29, 0.717) is 80.1 Å². The van der Waals surface area contributed by atoms with Crippen LogP contribution in [0.25, 0.3) is 0 Å². The minimum atomic E-state index is -1.04. The Kier molecular flexibility index (Phi) is 13.6. The number of piperidine rings is 2. The van der Waals surface area contributed by atoms with Gasteiger partial charge < -0.3 is 39.5 Å². The van der Waals surface area contributed by atoms with Crippen molar-refractivity contribution >= 4 is 61.5 Å². The molecule has 1 unspecified atom stereocenters. The fourth-order valence-corrected chi connectivity index (χ4v) is 9.19. The number of hydrogen-bond donors (Lipinski definition) is 2. The topological polar surface area (TPSA) is 135 Å². The Morgan fingerprint density at radius 1 is 0.887 bits per heavy atom. The number of amides is 4. The summed E-state index contributed by atoms with van der Waals surface area (Å²) in [6.07, 6.45) is 2.62. The Hall–Kier alpha value is -3.40. The summed E-state index contributed by atoms with van der Waals surface area (Å²) < 4.78 is 12.1. The Bertz CT molecular complexity index is 1600. The lowest BCUT2D eigenvalue weighted by Crippen LogP contribution is -2.55. The summed E-state index contributed by atoms with van der Waals surface area (Å²) in [4.78, 5) is 62.8. The van der Waals surface area contributed by atoms with Crippen LogP contribution in [0.15, 0.2) is 45.3 Å². The first-order chi connectivity index (χ1) is 25.6. The number of rotatable bonds is 10. The highest BCUT2D eigenvalue weighted by Gasteiger charge is 2.37. The average molecular weight is 863 g/mol. The molecule has 15 heteroatoms. The van der Waals surface area contributed by atoms with E-state index < -0.39 is 12.2 Å². The van der Waals surface area contributed by atoms with E-state index in [4.69, 9.17) is 9.47 Å². The molecular weight excluding hydrogens is 812 g/mol. The van der Waals surface area contributed by atoms with Crippen LogP contribution in [0.3, 0.4) is 0 Å². The number of anilines is 1. The molecule has 4 aliphatic heterocycles. The smallest absolute Gasteiger partial charge is 0.410 e. The van der Waals surface area contributed by atoms with Gasteiger partial charge in [-0.15, -0.1) is 0 Å². The van der Waals surface area contributed by atoms with Gasteiger partial charge in [0.05, 0.1) is 22.0 Å². The van der Waals surface area contributed by atoms with Crippen LogP contribution in [0, 0.1) is 0 Å². The fourth-order valence-electron chi connectivity index (χ4n) is 7.91. The largest absolute Gasteiger partial charge is 0.506 e. The predicted molar refractivity (Wildman–Crippen MR) is 207 cm³/mol. The third-order valence-corrected chi connectivity index (χ3v) is 12.2. The van der Waals surface area contributed by atoms with Gasteiger partial charge in [0.2, 0.25) is 0 Å². The molecule has 0 saturated carbocycles. The maximum absolute atomic E-state index is 14.1. The van der Waals surface area contributed by atoms with Crippen LogP contribution in [0.4, 0.5) is 15.3 Å². The zero-order chi connectivity index (χ0) is 37.5. The third kappa shape index (κ3) is 10.0. The number of carbonyl (C=O) groups is 4. The van der Waals surface area contributed by atoms with E-state index in [1.54, 1.807) is 17.0 Å². The number of fused-ring (bicyclic) bond motifs is 1. The number of esters is 1. The Morgan fingerprint density at radius 2 is 1.53 bits per heavy atom. The van der Waals surface area contributed by atoms with Gasteiger partial charge in [-0.1, -0.05) is 18.2 Å². The number of benzene rings is 2. The minimum absolute atomic E-state index is 0.00800. The molecule has 288 valence electrons. The second-order valence-corrected chi connectivity index (χ2v) is 15.9. The summed E-state index contributed by atoms with van der Waals surface area (Å²) in [7, 11) is 0. The molecular formula is C38H50Br2N6O7. The van der Waals surface area contributed by atoms with E-state index >= 15 is 0 Å². The van der Waals surface area contributed by atoms with Crippen LogP contribution in [-0.2, 0) is 31.9 Å². The second kappa shape index (κ2) is 18.3. The lowest BCUT2D eigenvalue weighted by atomic mass is 10.0. The van der Waals surface area contributed by atoms with Crippen molar-refractivity contribution < 1.29 is 33.8 Å². The second-order valence-electron chi connectivity index (χ2n) is 14.2. The Morgan fingerprint density at radius 3 is 2.21 bits per heavy atom. The Labute approximate surface area is 328 Å². The van der Waals surface area contributed by atoms with E-state index in [2.05, 4.69) is 47.0 Å². The highest BCUT2D eigenvalue weighted by atomic mass is 79.9. The molecule has 3 fully saturated rings. The van der Waals surface area contributed by atoms with Gasteiger partial charge in [-0.05, 0) is 100 Å². The van der Waals surface area contributed by atoms with Crippen molar-refractivity contribution in [2.75, 3.05) is 77.4 Å². The zero-order valence-corrected chi connectivity index (χ0v) is 33.5. The molecule has 0 spiro atoms. The van der Waals surface area contributed by atoms with Crippen LogP contribution in [-0.4, -0.2) is 144 Å². The molecule has 1 atom stereocenters. The molecule has 2 aromatic rings. The molecule has 4 heterocycles. The number of phenols is 1. The van der Waals surface area contributed by atoms with Gasteiger partial charge in [0.1, 0.15) is 5.75 Å². The molecule has 4 aliphatic rings. The van der Waals surface area contributed by atoms with Gasteiger partial charge in [0, 0.05) is 89.6 Å². The minimum Gasteiger partial charge on any atom is -0.506 e. The molecule has 0 bridgehead atoms. The number of piperazine rings is 1. The van der Waals surface area contributed by atoms with Gasteiger partial charge in [-0.2, -0.15) is 0 Å². The molecule has 53 heavy (non-hydrogen) atoms. The first-order valence-electron chi connectivity index (χ1n) is 18.8. The molecule has 4 amide bonds. The number of phenolic OH excluding ortho intramolecular Hbond substituents is 1. The van der Waals surface area contributed by atoms with Crippen molar-refractivity contribution in [2.45, 2.75) is 70.1 Å². The van der Waals surface area contributed by atoms with E-state index in [0.717, 1.165) is 62.3 Å². The molecule has 0 aromatic heterocycles. The van der Waals surface area contributed by atoms with Crippen LogP contribution in [0.1, 0.15) is 50.2 Å². The molecule has 6 rings (SSSR count). The lowest BCUT2D eigenvalue weighted by molar-refractivity contribution is -0.144. The highest BCUT2D eigenvalue weighted by Crippen LogP contribution is 2.34. The quantitative estimate of drug-likeness (QED) is 0.314. The number of likely N-dealkylation sites (tertiary alicyclic amines) is 2. The van der Waals surface area contributed by atoms with Crippen molar-refractivity contribution in [3.8, 4) is 5.75 Å². The zero-order valence-electron chi connectivity index (χ0n) is 30.3. The van der Waals surface area contributed by atoms with Gasteiger partial charge in [0.25, 0.3) is 5.91 Å². The maximum atomic E-state index is 14.1. The third-order valence-electron chi connectivity index (χ3n) is 11.0. The number of hydrogen-bond acceptors (Lipinski definition) is 9. The van der Waals surface area contributed by atoms with Crippen LogP contribution >= 0.6 is 31.9 Å². The summed E-state index contributed by atoms with van der Waals surface area (Å²) >= 11 is 6.77. The number of nitrogens with one attached hydrogen (secondary N) is 1. The Balaban J connectivity index is 1.03. The van der Waals surface area contributed by atoms with Crippen molar-refractivity contribution in [3.05, 3.63) is 56.5 Å². The van der Waals surface area contributed by atoms with E-state index in [9.17, 15) is 24.3 Å². The number of halogens is 2. The summed E-state index contributed by atoms with van der Waals surface area (Å²) in [5, 5.41) is 13.3. The summed E-state index contributed by atoms with van der Waals surface area (Å²) in [6, 6.07) is 11.6. The molecule has 13 nitrogen and oxygen atoms in total. The van der Waals surface area contributed by atoms with Crippen LogP contribution in [0.5, 0.6) is 5.75 Å². The van der Waals surface area contributed by atoms with Gasteiger partial charge in [-0.25, -0.2) is 9.59 Å². The SMILES string of the molecule is CCOC(=O)CCN1CCN(C2CCN(C(=O)C(Cc3cc(Br)c(O)c(Br)c3)OC(=O)N3CCC(N4CCc5ccccc5NC4=O)CC3)CC2)CC1. The van der Waals surface area contributed by atoms with E-state index in [1.165, 1.54) is 0 Å². The average Bonchev–Trinajstić information content (AvgIpc) is 3.34. The summed E-state index contributed by atoms with van der Waals surface area (Å²) in [6.45, 7) is 9.12. The number of nitrogens with zero attached hydrogens (tertiary/aromatic N) is 5. The molecule has 2 aromatic carbocycles. The van der Waals surface area contributed by atoms with Crippen molar-refractivity contribution in [3.63, 3.8) is 0 Å². The summed E-state index contributed by atoms with van der Waals surface area (Å²) in [5.41, 5.74) is 2.69. The monoisotopic (exact) mass is 860 g/mol. The predicted octanol–water partition coefficient (Wildman–Crippen LogP) is 5.08. The van der Waals surface area contributed by atoms with Crippen LogP contribution in [0.2, 0.25) is 0 Å². The molecule has 0 aliphatic carbocycles. The van der Waals surface area contributed by atoms with Crippen molar-refractivity contribution in [1.29, 1.82) is 0 Å². The first-order valence-corrected chi connectivity index (χ1v) is 20.4. The van der Waals surface area contributed by atoms with Crippen LogP contribution < -0.4 is 5.32 Å². The normalized spacial score (nSPS) is 20.0. The van der Waals surface area contributed by atoms with Gasteiger partial charge >= 0.3 is 18.1 Å². The van der Waals surface area contributed by atoms with Gasteiger partial charge in [0.15, 0.2) is 6.10 Å². The standard InChI is InChI=1S/C38H50Br2N6O7/c1-2-52-34(47)12-13-42-19-21-43(22-20-42)28-8-14-44(15-9-28)36(49)33(25-26-23-30(39)35(48)31(40)24-26)53-38(51)45-16-10-29(11-17-45)46-18-7-27-5-3-4-6-32(27)41-37(46)50/h3-6,23-24,28-29,33,48H,2,7-22,25H2,1H3,(H,41,50). The fraction of sp³-hybridized carbons (Fsp3) is 0.579. The molecule has 2 N–H and O–H groups in total. The maximum Gasteiger partial charge on any atom is 0.410 e. The van der Waals surface area contributed by atoms with Crippen molar-refractivity contribution in [1.82, 2.24) is 24.5 Å². The number of ether oxygens (including phenoxy) is 2. The highest BCUT2D eigenvalue weighted by molar-refractivity contribution is 9.11. The number of para-hydroxylation sites is 1. The van der Waals surface area contributed by atoms with Gasteiger partial charge in [-0.3, -0.25) is 14.5 Å². The summed E-state index contributed by atoms with van der Waals surface area (Å²) in [5.74, 6) is -0.325. The van der Waals surface area contributed by atoms with E-state index in [-0.39, 0.29) is 36.1 Å². The number of carbonyl (C=O) groups excluding carboxylic acids is 4. The van der Waals surface area contributed by atoms with E-state index in [1.807, 2.05) is 41.0 Å². The van der Waals surface area contributed by atoms with Crippen molar-refractivity contribution in [2.24, 2.45) is 0 Å². The number of aromatic hydroxyl groups is 1. The number of urea groups is 1. The molecule has 3 saturated heterocycles. The molecule has 0 radical (unpaired) electrons.